The number of aromatic nitrogens is 1. The molecule has 2 N–H and O–H groups in total. The lowest BCUT2D eigenvalue weighted by Crippen LogP contribution is -2.40. The molecule has 4 aromatic rings. The molecule has 6 rings (SSSR count). The summed E-state index contributed by atoms with van der Waals surface area (Å²) in [6.07, 6.45) is 3.28. The van der Waals surface area contributed by atoms with Gasteiger partial charge in [-0.15, -0.1) is 0 Å². The number of aliphatic hydroxyl groups is 1. The van der Waals surface area contributed by atoms with E-state index in [0.717, 1.165) is 35.2 Å². The Balaban J connectivity index is 1.18. The molecule has 0 saturated heterocycles. The van der Waals surface area contributed by atoms with Crippen molar-refractivity contribution in [2.24, 2.45) is 0 Å². The summed E-state index contributed by atoms with van der Waals surface area (Å²) in [6.45, 7) is 0.299. The van der Waals surface area contributed by atoms with Crippen LogP contribution < -0.4 is 4.74 Å². The maximum absolute atomic E-state index is 11.3. The maximum atomic E-state index is 11.3. The molecule has 0 bridgehead atoms. The molecule has 2 aliphatic rings. The van der Waals surface area contributed by atoms with Crippen molar-refractivity contribution in [3.8, 4) is 17.0 Å². The van der Waals surface area contributed by atoms with Crippen molar-refractivity contribution in [3.05, 3.63) is 103 Å². The third-order valence-corrected chi connectivity index (χ3v) is 9.58. The van der Waals surface area contributed by atoms with Gasteiger partial charge in [-0.1, -0.05) is 59.1 Å². The first-order valence-electron chi connectivity index (χ1n) is 12.6. The van der Waals surface area contributed by atoms with Crippen molar-refractivity contribution < 1.29 is 19.7 Å². The van der Waals surface area contributed by atoms with Gasteiger partial charge in [0.1, 0.15) is 12.4 Å². The molecular formula is C30H24Cl3NO4S. The molecule has 1 aromatic heterocycles. The highest BCUT2D eigenvalue weighted by Crippen LogP contribution is 2.53. The molecule has 0 radical (unpaired) electrons. The van der Waals surface area contributed by atoms with Crippen LogP contribution >= 0.6 is 46.3 Å². The first-order valence-corrected chi connectivity index (χ1v) is 14.6. The van der Waals surface area contributed by atoms with Gasteiger partial charge in [-0.25, -0.2) is 4.79 Å². The fourth-order valence-electron chi connectivity index (χ4n) is 5.28. The van der Waals surface area contributed by atoms with E-state index < -0.39 is 11.6 Å². The molecule has 2 aliphatic carbocycles. The normalized spacial score (nSPS) is 20.5. The van der Waals surface area contributed by atoms with Crippen molar-refractivity contribution in [1.29, 1.82) is 0 Å². The lowest BCUT2D eigenvalue weighted by Gasteiger charge is -2.44. The zero-order chi connectivity index (χ0) is 27.3. The van der Waals surface area contributed by atoms with E-state index in [1.165, 1.54) is 16.4 Å². The van der Waals surface area contributed by atoms with Gasteiger partial charge >= 0.3 is 5.97 Å². The second-order valence-electron chi connectivity index (χ2n) is 10.2. The molecule has 0 spiro atoms. The summed E-state index contributed by atoms with van der Waals surface area (Å²) in [6, 6.07) is 17.6. The molecule has 0 unspecified atom stereocenters. The Morgan fingerprint density at radius 1 is 0.974 bits per heavy atom. The average molecular weight is 601 g/mol. The van der Waals surface area contributed by atoms with Gasteiger partial charge in [0.25, 0.3) is 0 Å². The predicted molar refractivity (Wildman–Crippen MR) is 155 cm³/mol. The van der Waals surface area contributed by atoms with Crippen LogP contribution in [-0.4, -0.2) is 20.6 Å². The molecule has 0 atom stereocenters. The number of aromatic carboxylic acids is 1. The minimum absolute atomic E-state index is 0.131. The minimum atomic E-state index is -1.05. The van der Waals surface area contributed by atoms with Crippen molar-refractivity contribution in [2.45, 2.75) is 49.7 Å². The number of carbonyl (C=O) groups is 1. The second-order valence-corrected chi connectivity index (χ2v) is 12.3. The van der Waals surface area contributed by atoms with Crippen LogP contribution in [0.25, 0.3) is 11.3 Å². The van der Waals surface area contributed by atoms with E-state index in [2.05, 4.69) is 0 Å². The number of ether oxygens (including phenoxy) is 1. The molecule has 200 valence electrons. The molecule has 2 fully saturated rings. The minimum Gasteiger partial charge on any atom is -0.489 e. The number of halogens is 3. The standard InChI is InChI=1S/C30H24Cl3NO4S/c31-23-2-1-3-24(32)26(23)27-21(28(39-34-27)17-6-7-17)15-38-20-10-11-22(25(33)12-20)30(37)13-19(14-30)16-4-8-18(9-5-16)29(35)36/h1-5,8-12,17,19,37H,6-7,13-15H2,(H,35,36). The Bertz CT molecular complexity index is 1540. The summed E-state index contributed by atoms with van der Waals surface area (Å²) in [4.78, 5) is 12.3. The Kier molecular flexibility index (Phi) is 7.11. The summed E-state index contributed by atoms with van der Waals surface area (Å²) in [5.74, 6) is 0.260. The SMILES string of the molecule is O=C(O)c1ccc(C2CC(O)(c3ccc(OCc4c(-c5c(Cl)cccc5Cl)nsc4C4CC4)cc3Cl)C2)cc1. The number of benzene rings is 3. The van der Waals surface area contributed by atoms with Crippen LogP contribution in [-0.2, 0) is 12.2 Å². The lowest BCUT2D eigenvalue weighted by molar-refractivity contribution is -0.0549. The summed E-state index contributed by atoms with van der Waals surface area (Å²) in [5, 5.41) is 21.9. The Morgan fingerprint density at radius 2 is 1.67 bits per heavy atom. The zero-order valence-electron chi connectivity index (χ0n) is 20.7. The van der Waals surface area contributed by atoms with E-state index in [4.69, 9.17) is 49.0 Å². The van der Waals surface area contributed by atoms with Gasteiger partial charge in [0.05, 0.1) is 31.9 Å². The monoisotopic (exact) mass is 599 g/mol. The topological polar surface area (TPSA) is 79.7 Å². The number of hydrogen-bond acceptors (Lipinski definition) is 5. The van der Waals surface area contributed by atoms with Gasteiger partial charge in [0.2, 0.25) is 0 Å². The van der Waals surface area contributed by atoms with E-state index >= 15 is 0 Å². The number of carboxylic acids is 1. The van der Waals surface area contributed by atoms with E-state index in [0.29, 0.717) is 51.7 Å². The molecule has 3 aromatic carbocycles. The highest BCUT2D eigenvalue weighted by Gasteiger charge is 2.45. The van der Waals surface area contributed by atoms with Crippen LogP contribution in [0.5, 0.6) is 5.75 Å². The quantitative estimate of drug-likeness (QED) is 0.211. The van der Waals surface area contributed by atoms with Gasteiger partial charge in [0, 0.05) is 21.6 Å². The maximum Gasteiger partial charge on any atom is 0.335 e. The first-order chi connectivity index (χ1) is 18.7. The van der Waals surface area contributed by atoms with E-state index in [9.17, 15) is 9.90 Å². The van der Waals surface area contributed by atoms with Crippen LogP contribution in [0.3, 0.4) is 0 Å². The molecule has 5 nitrogen and oxygen atoms in total. The second kappa shape index (κ2) is 10.4. The smallest absolute Gasteiger partial charge is 0.335 e. The first kappa shape index (κ1) is 26.6. The van der Waals surface area contributed by atoms with Gasteiger partial charge in [-0.2, -0.15) is 4.37 Å². The third kappa shape index (κ3) is 5.17. The Morgan fingerprint density at radius 3 is 2.28 bits per heavy atom. The molecule has 1 heterocycles. The van der Waals surface area contributed by atoms with Crippen LogP contribution in [0.2, 0.25) is 15.1 Å². The number of carboxylic acid groups (broad SMARTS) is 1. The number of rotatable bonds is 8. The number of nitrogens with zero attached hydrogens (tertiary/aromatic N) is 1. The van der Waals surface area contributed by atoms with Crippen LogP contribution in [0, 0.1) is 0 Å². The van der Waals surface area contributed by atoms with Gasteiger partial charge < -0.3 is 14.9 Å². The highest BCUT2D eigenvalue weighted by molar-refractivity contribution is 7.06. The summed E-state index contributed by atoms with van der Waals surface area (Å²) < 4.78 is 10.9. The van der Waals surface area contributed by atoms with Crippen molar-refractivity contribution in [2.75, 3.05) is 0 Å². The fourth-order valence-corrected chi connectivity index (χ4v) is 7.24. The molecule has 2 saturated carbocycles. The Labute approximate surface area is 245 Å². The molecule has 39 heavy (non-hydrogen) atoms. The van der Waals surface area contributed by atoms with Crippen LogP contribution in [0.4, 0.5) is 0 Å². The molecular weight excluding hydrogens is 577 g/mol. The molecule has 9 heteroatoms. The largest absolute Gasteiger partial charge is 0.489 e. The average Bonchev–Trinajstić information content (AvgIpc) is 3.66. The Hall–Kier alpha value is -2.61. The molecule has 0 amide bonds. The summed E-state index contributed by atoms with van der Waals surface area (Å²) in [7, 11) is 0. The van der Waals surface area contributed by atoms with Crippen LogP contribution in [0.15, 0.2) is 60.7 Å². The van der Waals surface area contributed by atoms with Crippen molar-refractivity contribution in [1.82, 2.24) is 4.37 Å². The predicted octanol–water partition coefficient (Wildman–Crippen LogP) is 8.69. The van der Waals surface area contributed by atoms with Gasteiger partial charge in [-0.05, 0) is 91.0 Å². The fraction of sp³-hybridized carbons (Fsp3) is 0.267. The lowest BCUT2D eigenvalue weighted by atomic mass is 9.65. The van der Waals surface area contributed by atoms with Crippen molar-refractivity contribution >= 4 is 52.3 Å². The summed E-state index contributed by atoms with van der Waals surface area (Å²) >= 11 is 21.1. The van der Waals surface area contributed by atoms with Crippen LogP contribution in [0.1, 0.15) is 69.4 Å². The van der Waals surface area contributed by atoms with Crippen molar-refractivity contribution in [3.63, 3.8) is 0 Å². The van der Waals surface area contributed by atoms with E-state index in [1.807, 2.05) is 42.5 Å². The van der Waals surface area contributed by atoms with Gasteiger partial charge in [0.15, 0.2) is 0 Å². The highest BCUT2D eigenvalue weighted by atomic mass is 35.5. The zero-order valence-corrected chi connectivity index (χ0v) is 23.7. The van der Waals surface area contributed by atoms with E-state index in [-0.39, 0.29) is 11.5 Å². The summed E-state index contributed by atoms with van der Waals surface area (Å²) in [5.41, 5.74) is 3.33. The molecule has 0 aliphatic heterocycles. The number of hydrogen-bond donors (Lipinski definition) is 2. The van der Waals surface area contributed by atoms with E-state index in [1.54, 1.807) is 18.2 Å². The third-order valence-electron chi connectivity index (χ3n) is 7.59. The van der Waals surface area contributed by atoms with Gasteiger partial charge in [-0.3, -0.25) is 0 Å².